The fourth-order valence-corrected chi connectivity index (χ4v) is 2.32. The second kappa shape index (κ2) is 10.9. The summed E-state index contributed by atoms with van der Waals surface area (Å²) in [5.41, 5.74) is 3.93. The number of hydrogen-bond acceptors (Lipinski definition) is 4. The summed E-state index contributed by atoms with van der Waals surface area (Å²) < 4.78 is 0. The van der Waals surface area contributed by atoms with Crippen molar-refractivity contribution in [1.29, 1.82) is 0 Å². The molecule has 0 aromatic carbocycles. The van der Waals surface area contributed by atoms with Crippen LogP contribution in [-0.2, 0) is 0 Å². The minimum atomic E-state index is 0.182. The molecule has 0 aliphatic carbocycles. The Labute approximate surface area is 117 Å². The minimum Gasteiger partial charge on any atom is -0.271 e. The molecule has 1 unspecified atom stereocenters. The molecule has 1 aromatic heterocycles. The highest BCUT2D eigenvalue weighted by Crippen LogP contribution is 2.18. The Morgan fingerprint density at radius 2 is 1.58 bits per heavy atom. The number of nitrogens with zero attached hydrogens (tertiary/aromatic N) is 2. The standard InChI is InChI=1S/C15H28N4/c1-2-3-4-5-6-7-8-9-10-15(19-16)14-11-17-13-18-12-14/h11-13,15,19H,2-10,16H2,1H3. The van der Waals surface area contributed by atoms with Gasteiger partial charge in [-0.25, -0.2) is 9.97 Å². The molecule has 1 rings (SSSR count). The number of hydrogen-bond donors (Lipinski definition) is 2. The molecule has 0 radical (unpaired) electrons. The molecule has 0 fully saturated rings. The van der Waals surface area contributed by atoms with Crippen LogP contribution in [0.1, 0.15) is 76.3 Å². The van der Waals surface area contributed by atoms with E-state index in [0.717, 1.165) is 12.0 Å². The highest BCUT2D eigenvalue weighted by atomic mass is 15.2. The third-order valence-electron chi connectivity index (χ3n) is 3.53. The Balaban J connectivity index is 2.07. The van der Waals surface area contributed by atoms with Crippen LogP contribution >= 0.6 is 0 Å². The van der Waals surface area contributed by atoms with Crippen molar-refractivity contribution < 1.29 is 0 Å². The summed E-state index contributed by atoms with van der Waals surface area (Å²) in [4.78, 5) is 8.07. The third kappa shape index (κ3) is 7.23. The van der Waals surface area contributed by atoms with E-state index in [9.17, 15) is 0 Å². The summed E-state index contributed by atoms with van der Waals surface area (Å²) >= 11 is 0. The molecule has 0 aliphatic heterocycles. The molecule has 1 atom stereocenters. The fraction of sp³-hybridized carbons (Fsp3) is 0.733. The average Bonchev–Trinajstić information content (AvgIpc) is 2.47. The van der Waals surface area contributed by atoms with Gasteiger partial charge in [-0.1, -0.05) is 58.3 Å². The van der Waals surface area contributed by atoms with E-state index < -0.39 is 0 Å². The molecule has 0 saturated carbocycles. The summed E-state index contributed by atoms with van der Waals surface area (Å²) in [5, 5.41) is 0. The molecule has 3 N–H and O–H groups in total. The Bertz CT molecular complexity index is 302. The molecule has 19 heavy (non-hydrogen) atoms. The first-order valence-corrected chi connectivity index (χ1v) is 7.59. The monoisotopic (exact) mass is 264 g/mol. The van der Waals surface area contributed by atoms with Crippen molar-refractivity contribution in [2.75, 3.05) is 0 Å². The van der Waals surface area contributed by atoms with Gasteiger partial charge in [0.25, 0.3) is 0 Å². The normalized spacial score (nSPS) is 12.5. The molecule has 4 nitrogen and oxygen atoms in total. The Morgan fingerprint density at radius 1 is 1.00 bits per heavy atom. The van der Waals surface area contributed by atoms with Crippen LogP contribution in [0.15, 0.2) is 18.7 Å². The summed E-state index contributed by atoms with van der Waals surface area (Å²) in [7, 11) is 0. The maximum Gasteiger partial charge on any atom is 0.115 e. The van der Waals surface area contributed by atoms with Crippen molar-refractivity contribution in [3.8, 4) is 0 Å². The summed E-state index contributed by atoms with van der Waals surface area (Å²) in [5.74, 6) is 5.59. The SMILES string of the molecule is CCCCCCCCCCC(NN)c1cncnc1. The van der Waals surface area contributed by atoms with Gasteiger partial charge < -0.3 is 0 Å². The van der Waals surface area contributed by atoms with E-state index in [2.05, 4.69) is 22.3 Å². The van der Waals surface area contributed by atoms with Crippen molar-refractivity contribution in [1.82, 2.24) is 15.4 Å². The van der Waals surface area contributed by atoms with E-state index in [1.54, 1.807) is 6.33 Å². The lowest BCUT2D eigenvalue weighted by Crippen LogP contribution is -2.28. The van der Waals surface area contributed by atoms with E-state index in [1.165, 1.54) is 51.4 Å². The van der Waals surface area contributed by atoms with Crippen molar-refractivity contribution >= 4 is 0 Å². The van der Waals surface area contributed by atoms with Gasteiger partial charge in [-0.2, -0.15) is 0 Å². The van der Waals surface area contributed by atoms with Crippen molar-refractivity contribution in [2.45, 2.75) is 70.8 Å². The van der Waals surface area contributed by atoms with Crippen LogP contribution in [0.3, 0.4) is 0 Å². The maximum atomic E-state index is 5.59. The molecule has 0 aliphatic rings. The van der Waals surface area contributed by atoms with Crippen LogP contribution in [0.4, 0.5) is 0 Å². The second-order valence-corrected chi connectivity index (χ2v) is 5.15. The fourth-order valence-electron chi connectivity index (χ4n) is 2.32. The van der Waals surface area contributed by atoms with E-state index in [4.69, 9.17) is 5.84 Å². The third-order valence-corrected chi connectivity index (χ3v) is 3.53. The second-order valence-electron chi connectivity index (χ2n) is 5.15. The van der Waals surface area contributed by atoms with E-state index in [0.29, 0.717) is 0 Å². The molecule has 4 heteroatoms. The molecule has 1 aromatic rings. The molecule has 1 heterocycles. The van der Waals surface area contributed by atoms with Crippen LogP contribution < -0.4 is 11.3 Å². The minimum absolute atomic E-state index is 0.182. The number of unbranched alkanes of at least 4 members (excludes halogenated alkanes) is 7. The van der Waals surface area contributed by atoms with Gasteiger partial charge in [0.15, 0.2) is 0 Å². The molecule has 0 amide bonds. The maximum absolute atomic E-state index is 5.59. The van der Waals surface area contributed by atoms with E-state index >= 15 is 0 Å². The summed E-state index contributed by atoms with van der Waals surface area (Å²) in [6.07, 6.45) is 17.0. The number of hydrazine groups is 1. The molecule has 108 valence electrons. The van der Waals surface area contributed by atoms with Crippen LogP contribution in [0.2, 0.25) is 0 Å². The Kier molecular flexibility index (Phi) is 9.19. The summed E-state index contributed by atoms with van der Waals surface area (Å²) in [6, 6.07) is 0.182. The lowest BCUT2D eigenvalue weighted by Gasteiger charge is -2.15. The largest absolute Gasteiger partial charge is 0.271 e. The molecule has 0 bridgehead atoms. The number of nitrogens with one attached hydrogen (secondary N) is 1. The first kappa shape index (κ1) is 16.1. The highest BCUT2D eigenvalue weighted by molar-refractivity contribution is 5.08. The number of rotatable bonds is 11. The topological polar surface area (TPSA) is 63.8 Å². The van der Waals surface area contributed by atoms with Gasteiger partial charge in [-0.15, -0.1) is 0 Å². The quantitative estimate of drug-likeness (QED) is 0.365. The smallest absolute Gasteiger partial charge is 0.115 e. The first-order chi connectivity index (χ1) is 9.38. The first-order valence-electron chi connectivity index (χ1n) is 7.59. The van der Waals surface area contributed by atoms with Crippen molar-refractivity contribution in [3.05, 3.63) is 24.3 Å². The Hall–Kier alpha value is -1.00. The molecule has 0 saturated heterocycles. The van der Waals surface area contributed by atoms with Gasteiger partial charge in [0, 0.05) is 24.0 Å². The Morgan fingerprint density at radius 3 is 2.16 bits per heavy atom. The van der Waals surface area contributed by atoms with Crippen LogP contribution in [-0.4, -0.2) is 9.97 Å². The lowest BCUT2D eigenvalue weighted by atomic mass is 10.0. The number of aromatic nitrogens is 2. The predicted octanol–water partition coefficient (Wildman–Crippen LogP) is 3.51. The number of nitrogens with two attached hydrogens (primary N) is 1. The van der Waals surface area contributed by atoms with Gasteiger partial charge in [0.1, 0.15) is 6.33 Å². The average molecular weight is 264 g/mol. The van der Waals surface area contributed by atoms with Crippen molar-refractivity contribution in [3.63, 3.8) is 0 Å². The molecule has 0 spiro atoms. The zero-order valence-electron chi connectivity index (χ0n) is 12.1. The zero-order chi connectivity index (χ0) is 13.8. The zero-order valence-corrected chi connectivity index (χ0v) is 12.1. The lowest BCUT2D eigenvalue weighted by molar-refractivity contribution is 0.473. The molecular formula is C15H28N4. The van der Waals surface area contributed by atoms with Gasteiger partial charge in [-0.3, -0.25) is 11.3 Å². The van der Waals surface area contributed by atoms with Gasteiger partial charge >= 0.3 is 0 Å². The van der Waals surface area contributed by atoms with Gasteiger partial charge in [0.2, 0.25) is 0 Å². The van der Waals surface area contributed by atoms with Gasteiger partial charge in [-0.05, 0) is 6.42 Å². The predicted molar refractivity (Wildman–Crippen MR) is 79.3 cm³/mol. The van der Waals surface area contributed by atoms with Gasteiger partial charge in [0.05, 0.1) is 0 Å². The highest BCUT2D eigenvalue weighted by Gasteiger charge is 2.09. The van der Waals surface area contributed by atoms with E-state index in [-0.39, 0.29) is 6.04 Å². The van der Waals surface area contributed by atoms with Crippen molar-refractivity contribution in [2.24, 2.45) is 5.84 Å². The van der Waals surface area contributed by atoms with Crippen LogP contribution in [0.5, 0.6) is 0 Å². The summed E-state index contributed by atoms with van der Waals surface area (Å²) in [6.45, 7) is 2.26. The molecular weight excluding hydrogens is 236 g/mol. The van der Waals surface area contributed by atoms with Crippen LogP contribution in [0.25, 0.3) is 0 Å². The van der Waals surface area contributed by atoms with Crippen LogP contribution in [0, 0.1) is 0 Å². The van der Waals surface area contributed by atoms with E-state index in [1.807, 2.05) is 12.4 Å².